The maximum atomic E-state index is 13.0. The van der Waals surface area contributed by atoms with Crippen LogP contribution in [-0.4, -0.2) is 12.4 Å². The molecular formula is C17H15BrClF4N3. The highest BCUT2D eigenvalue weighted by Gasteiger charge is 2.34. The molecule has 3 nitrogen and oxygen atoms in total. The molecule has 26 heavy (non-hydrogen) atoms. The van der Waals surface area contributed by atoms with E-state index in [1.54, 1.807) is 23.2 Å². The van der Waals surface area contributed by atoms with Crippen molar-refractivity contribution in [2.24, 2.45) is 4.99 Å². The van der Waals surface area contributed by atoms with Crippen molar-refractivity contribution in [1.29, 1.82) is 0 Å². The molecule has 0 radical (unpaired) electrons. The molecule has 1 heterocycles. The van der Waals surface area contributed by atoms with Crippen LogP contribution in [-0.2, 0) is 12.7 Å². The Morgan fingerprint density at radius 2 is 1.81 bits per heavy atom. The molecule has 0 bridgehead atoms. The zero-order valence-electron chi connectivity index (χ0n) is 13.4. The first-order chi connectivity index (χ1) is 11.8. The van der Waals surface area contributed by atoms with Crippen molar-refractivity contribution in [3.05, 3.63) is 63.9 Å². The van der Waals surface area contributed by atoms with Crippen LogP contribution in [0.4, 0.5) is 23.2 Å². The highest BCUT2D eigenvalue weighted by atomic mass is 79.9. The van der Waals surface area contributed by atoms with Crippen molar-refractivity contribution in [1.82, 2.24) is 5.43 Å². The van der Waals surface area contributed by atoms with Gasteiger partial charge in [-0.3, -0.25) is 15.4 Å². The second-order valence-corrected chi connectivity index (χ2v) is 6.42. The predicted molar refractivity (Wildman–Crippen MR) is 99.0 cm³/mol. The average molecular weight is 453 g/mol. The molecule has 9 heteroatoms. The first-order valence-electron chi connectivity index (χ1n) is 7.51. The number of hydrogen-bond donors (Lipinski definition) is 1. The van der Waals surface area contributed by atoms with Crippen molar-refractivity contribution in [3.8, 4) is 0 Å². The van der Waals surface area contributed by atoms with Crippen LogP contribution in [0.15, 0.2) is 51.9 Å². The average Bonchev–Trinajstić information content (AvgIpc) is 3.03. The zero-order valence-corrected chi connectivity index (χ0v) is 15.8. The fourth-order valence-electron chi connectivity index (χ4n) is 2.47. The van der Waals surface area contributed by atoms with Crippen molar-refractivity contribution < 1.29 is 17.6 Å². The smallest absolute Gasteiger partial charge is 0.286 e. The number of halogens is 6. The zero-order chi connectivity index (χ0) is 18.0. The fraction of sp³-hybridized carbons (Fsp3) is 0.235. The number of alkyl halides is 3. The maximum Gasteiger partial charge on any atom is 0.417 e. The van der Waals surface area contributed by atoms with E-state index in [4.69, 9.17) is 0 Å². The van der Waals surface area contributed by atoms with E-state index in [-0.39, 0.29) is 22.7 Å². The molecule has 0 aliphatic carbocycles. The summed E-state index contributed by atoms with van der Waals surface area (Å²) in [4.78, 5) is 4.40. The number of anilines is 1. The van der Waals surface area contributed by atoms with E-state index < -0.39 is 11.7 Å². The molecule has 0 atom stereocenters. The number of nitrogens with zero attached hydrogens (tertiary/aromatic N) is 2. The Balaban J connectivity index is 0.00000243. The molecule has 3 rings (SSSR count). The lowest BCUT2D eigenvalue weighted by Gasteiger charge is -2.20. The lowest BCUT2D eigenvalue weighted by molar-refractivity contribution is -0.138. The van der Waals surface area contributed by atoms with Crippen LogP contribution in [0.1, 0.15) is 17.5 Å². The van der Waals surface area contributed by atoms with Crippen LogP contribution >= 0.6 is 28.3 Å². The molecule has 2 aromatic rings. The lowest BCUT2D eigenvalue weighted by Crippen LogP contribution is -2.33. The quantitative estimate of drug-likeness (QED) is 0.637. The van der Waals surface area contributed by atoms with Crippen LogP contribution in [0.5, 0.6) is 0 Å². The summed E-state index contributed by atoms with van der Waals surface area (Å²) in [5, 5.41) is 1.63. The van der Waals surface area contributed by atoms with Gasteiger partial charge in [-0.15, -0.1) is 12.4 Å². The summed E-state index contributed by atoms with van der Waals surface area (Å²) >= 11 is 2.93. The van der Waals surface area contributed by atoms with Gasteiger partial charge in [0.2, 0.25) is 0 Å². The molecule has 1 saturated heterocycles. The van der Waals surface area contributed by atoms with Crippen LogP contribution in [0.25, 0.3) is 0 Å². The Kier molecular flexibility index (Phi) is 6.52. The third-order valence-electron chi connectivity index (χ3n) is 3.77. The molecule has 0 saturated carbocycles. The monoisotopic (exact) mass is 451 g/mol. The number of hydrogen-bond acceptors (Lipinski definition) is 2. The van der Waals surface area contributed by atoms with E-state index in [0.29, 0.717) is 31.0 Å². The largest absolute Gasteiger partial charge is 0.417 e. The van der Waals surface area contributed by atoms with Gasteiger partial charge >= 0.3 is 6.18 Å². The Labute approximate surface area is 162 Å². The molecule has 0 amide bonds. The van der Waals surface area contributed by atoms with Gasteiger partial charge < -0.3 is 0 Å². The Morgan fingerprint density at radius 1 is 1.12 bits per heavy atom. The maximum absolute atomic E-state index is 13.0. The summed E-state index contributed by atoms with van der Waals surface area (Å²) in [6.45, 7) is 0.895. The van der Waals surface area contributed by atoms with Gasteiger partial charge in [0.15, 0.2) is 0 Å². The Hall–Kier alpha value is -1.80. The van der Waals surface area contributed by atoms with Gasteiger partial charge in [0.05, 0.1) is 17.8 Å². The third-order valence-corrected chi connectivity index (χ3v) is 4.46. The van der Waals surface area contributed by atoms with Gasteiger partial charge in [-0.25, -0.2) is 4.39 Å². The fourth-order valence-corrected chi connectivity index (χ4v) is 2.94. The molecule has 0 aromatic heterocycles. The van der Waals surface area contributed by atoms with E-state index in [9.17, 15) is 17.6 Å². The van der Waals surface area contributed by atoms with Gasteiger partial charge in [-0.05, 0) is 35.9 Å². The van der Waals surface area contributed by atoms with Crippen LogP contribution in [0, 0.1) is 5.82 Å². The van der Waals surface area contributed by atoms with E-state index in [0.717, 1.165) is 11.6 Å². The molecule has 1 fully saturated rings. The second kappa shape index (κ2) is 8.26. The molecule has 1 N–H and O–H groups in total. The predicted octanol–water partition coefficient (Wildman–Crippen LogP) is 5.34. The minimum atomic E-state index is -4.42. The normalized spacial score (nSPS) is 15.7. The number of aliphatic imine (C=N–C) groups is 1. The molecule has 1 aliphatic rings. The summed E-state index contributed by atoms with van der Waals surface area (Å²) in [6, 6.07) is 10.1. The Bertz CT molecular complexity index is 794. The highest BCUT2D eigenvalue weighted by Crippen LogP contribution is 2.37. The second-order valence-electron chi connectivity index (χ2n) is 5.56. The van der Waals surface area contributed by atoms with Crippen molar-refractivity contribution >= 4 is 39.9 Å². The van der Waals surface area contributed by atoms with Gasteiger partial charge in [0.1, 0.15) is 11.7 Å². The van der Waals surface area contributed by atoms with Gasteiger partial charge in [0.25, 0.3) is 0 Å². The van der Waals surface area contributed by atoms with E-state index in [1.165, 1.54) is 18.2 Å². The summed E-state index contributed by atoms with van der Waals surface area (Å²) in [6.07, 6.45) is -3.83. The molecule has 1 aliphatic heterocycles. The minimum absolute atomic E-state index is 0. The number of amidine groups is 1. The molecule has 0 unspecified atom stereocenters. The van der Waals surface area contributed by atoms with Crippen molar-refractivity contribution in [2.75, 3.05) is 11.6 Å². The van der Waals surface area contributed by atoms with Crippen molar-refractivity contribution in [2.45, 2.75) is 19.1 Å². The molecule has 140 valence electrons. The minimum Gasteiger partial charge on any atom is -0.286 e. The topological polar surface area (TPSA) is 27.6 Å². The molecular weight excluding hydrogens is 438 g/mol. The number of nitrogens with one attached hydrogen (secondary N) is 1. The van der Waals surface area contributed by atoms with Gasteiger partial charge in [0, 0.05) is 17.4 Å². The summed E-state index contributed by atoms with van der Waals surface area (Å²) in [5.41, 5.74) is 3.57. The number of rotatable bonds is 3. The first-order valence-corrected chi connectivity index (χ1v) is 8.31. The third kappa shape index (κ3) is 4.88. The standard InChI is InChI=1S/C17H14BrF4N3.ClH/c18-15-6-5-13(9-14(15)17(20,21)22)25-8-7-16(24-25)23-10-11-1-3-12(19)4-2-11;/h1-6,9H,7-8,10H2,(H,23,24);1H. The van der Waals surface area contributed by atoms with Crippen LogP contribution < -0.4 is 10.4 Å². The summed E-state index contributed by atoms with van der Waals surface area (Å²) in [7, 11) is 0. The number of benzene rings is 2. The lowest BCUT2D eigenvalue weighted by atomic mass is 10.2. The SMILES string of the molecule is Cl.Fc1ccc(CN=C2CCN(c3ccc(Br)c(C(F)(F)F)c3)N2)cc1. The highest BCUT2D eigenvalue weighted by molar-refractivity contribution is 9.10. The van der Waals surface area contributed by atoms with Crippen molar-refractivity contribution in [3.63, 3.8) is 0 Å². The molecule has 2 aromatic carbocycles. The van der Waals surface area contributed by atoms with Gasteiger partial charge in [-0.2, -0.15) is 13.2 Å². The summed E-state index contributed by atoms with van der Waals surface area (Å²) < 4.78 is 51.9. The Morgan fingerprint density at radius 3 is 2.46 bits per heavy atom. The summed E-state index contributed by atoms with van der Waals surface area (Å²) in [5.74, 6) is 0.373. The van der Waals surface area contributed by atoms with E-state index >= 15 is 0 Å². The molecule has 0 spiro atoms. The number of hydrazine groups is 1. The van der Waals surface area contributed by atoms with Crippen LogP contribution in [0.3, 0.4) is 0 Å². The van der Waals surface area contributed by atoms with Gasteiger partial charge in [-0.1, -0.05) is 28.1 Å². The van der Waals surface area contributed by atoms with Crippen LogP contribution in [0.2, 0.25) is 0 Å². The van der Waals surface area contributed by atoms with E-state index in [1.807, 2.05) is 0 Å². The first kappa shape index (κ1) is 20.5. The van der Waals surface area contributed by atoms with E-state index in [2.05, 4.69) is 26.3 Å².